The zero-order valence-corrected chi connectivity index (χ0v) is 17.8. The number of aliphatic hydroxyl groups excluding tert-OH is 1. The summed E-state index contributed by atoms with van der Waals surface area (Å²) in [5.74, 6) is 6.06. The maximum atomic E-state index is 9.19. The Kier molecular flexibility index (Phi) is 5.50. The molecule has 0 amide bonds. The topological polar surface area (TPSA) is 20.2 Å². The van der Waals surface area contributed by atoms with E-state index < -0.39 is 0 Å². The molecule has 0 aromatic rings. The summed E-state index contributed by atoms with van der Waals surface area (Å²) < 4.78 is 0. The quantitative estimate of drug-likeness (QED) is 0.532. The highest BCUT2D eigenvalue weighted by Crippen LogP contribution is 2.69. The summed E-state index contributed by atoms with van der Waals surface area (Å²) in [5, 5.41) is 9.19. The molecule has 26 heavy (non-hydrogen) atoms. The Morgan fingerprint density at radius 2 is 1.65 bits per heavy atom. The molecular weight excluding hydrogens is 316 g/mol. The molecule has 0 aliphatic heterocycles. The highest BCUT2D eigenvalue weighted by molar-refractivity contribution is 5.10. The van der Waals surface area contributed by atoms with Crippen molar-refractivity contribution >= 4 is 0 Å². The van der Waals surface area contributed by atoms with E-state index in [0.29, 0.717) is 17.4 Å². The Morgan fingerprint density at radius 1 is 0.846 bits per heavy atom. The van der Waals surface area contributed by atoms with Gasteiger partial charge in [0.15, 0.2) is 0 Å². The summed E-state index contributed by atoms with van der Waals surface area (Å²) in [7, 11) is 0. The lowest BCUT2D eigenvalue weighted by atomic mass is 9.42. The van der Waals surface area contributed by atoms with Crippen molar-refractivity contribution in [3.8, 4) is 0 Å². The molecule has 4 saturated carbocycles. The zero-order chi connectivity index (χ0) is 18.4. The van der Waals surface area contributed by atoms with Gasteiger partial charge in [0.1, 0.15) is 0 Å². The van der Waals surface area contributed by atoms with Crippen LogP contribution in [0.1, 0.15) is 104 Å². The Bertz CT molecular complexity index is 487. The first-order valence-corrected chi connectivity index (χ1v) is 12.2. The lowest BCUT2D eigenvalue weighted by Crippen LogP contribution is -2.55. The van der Waals surface area contributed by atoms with Crippen LogP contribution in [0.5, 0.6) is 0 Å². The number of unbranched alkanes of at least 4 members (excludes halogenated alkanes) is 1. The molecule has 1 heteroatoms. The van der Waals surface area contributed by atoms with E-state index in [1.807, 2.05) is 0 Å². The van der Waals surface area contributed by atoms with Crippen molar-refractivity contribution in [2.75, 3.05) is 6.61 Å². The summed E-state index contributed by atoms with van der Waals surface area (Å²) in [4.78, 5) is 0. The molecule has 4 fully saturated rings. The Morgan fingerprint density at radius 3 is 2.42 bits per heavy atom. The molecule has 4 aliphatic carbocycles. The number of rotatable bonds is 5. The van der Waals surface area contributed by atoms with E-state index in [4.69, 9.17) is 0 Å². The van der Waals surface area contributed by atoms with Gasteiger partial charge in [0, 0.05) is 6.61 Å². The molecule has 0 radical (unpaired) electrons. The first-order chi connectivity index (χ1) is 12.5. The van der Waals surface area contributed by atoms with Gasteiger partial charge in [-0.3, -0.25) is 0 Å². The lowest BCUT2D eigenvalue weighted by Gasteiger charge is -2.62. The van der Waals surface area contributed by atoms with Crippen LogP contribution in [0.15, 0.2) is 0 Å². The number of aliphatic hydroxyl groups is 1. The van der Waals surface area contributed by atoms with Gasteiger partial charge < -0.3 is 5.11 Å². The molecule has 0 bridgehead atoms. The smallest absolute Gasteiger partial charge is 0.0431 e. The van der Waals surface area contributed by atoms with E-state index in [0.717, 1.165) is 41.9 Å². The number of hydrogen-bond acceptors (Lipinski definition) is 1. The highest BCUT2D eigenvalue weighted by atomic mass is 16.2. The van der Waals surface area contributed by atoms with Gasteiger partial charge in [0.2, 0.25) is 0 Å². The van der Waals surface area contributed by atoms with E-state index in [1.54, 1.807) is 6.42 Å². The normalized spacial score (nSPS) is 50.8. The fraction of sp³-hybridized carbons (Fsp3) is 1.00. The van der Waals surface area contributed by atoms with Gasteiger partial charge in [0.05, 0.1) is 0 Å². The molecule has 1 nitrogen and oxygen atoms in total. The van der Waals surface area contributed by atoms with Crippen molar-refractivity contribution in [2.24, 2.45) is 46.3 Å². The molecule has 1 N–H and O–H groups in total. The third-order valence-corrected chi connectivity index (χ3v) is 10.4. The van der Waals surface area contributed by atoms with Crippen LogP contribution in [0.25, 0.3) is 0 Å². The van der Waals surface area contributed by atoms with Crippen molar-refractivity contribution in [2.45, 2.75) is 104 Å². The summed E-state index contributed by atoms with van der Waals surface area (Å²) in [5.41, 5.74) is 1.28. The number of fused-ring (bicyclic) bond motifs is 5. The van der Waals surface area contributed by atoms with Gasteiger partial charge in [0.25, 0.3) is 0 Å². The van der Waals surface area contributed by atoms with E-state index in [1.165, 1.54) is 70.6 Å². The van der Waals surface area contributed by atoms with Crippen LogP contribution in [0.2, 0.25) is 0 Å². The molecule has 4 rings (SSSR count). The van der Waals surface area contributed by atoms with Crippen molar-refractivity contribution in [1.29, 1.82) is 0 Å². The molecule has 8 atom stereocenters. The second kappa shape index (κ2) is 7.41. The Balaban J connectivity index is 1.56. The molecule has 150 valence electrons. The third kappa shape index (κ3) is 2.90. The highest BCUT2D eigenvalue weighted by Gasteiger charge is 2.60. The van der Waals surface area contributed by atoms with Gasteiger partial charge in [-0.1, -0.05) is 46.5 Å². The average molecular weight is 361 g/mol. The predicted molar refractivity (Wildman–Crippen MR) is 110 cm³/mol. The van der Waals surface area contributed by atoms with Crippen LogP contribution >= 0.6 is 0 Å². The van der Waals surface area contributed by atoms with Crippen LogP contribution < -0.4 is 0 Å². The van der Waals surface area contributed by atoms with Gasteiger partial charge in [-0.25, -0.2) is 0 Å². The summed E-state index contributed by atoms with van der Waals surface area (Å²) in [6.45, 7) is 8.28. The molecule has 0 heterocycles. The first kappa shape index (κ1) is 19.3. The van der Waals surface area contributed by atoms with E-state index in [-0.39, 0.29) is 0 Å². The van der Waals surface area contributed by atoms with Gasteiger partial charge >= 0.3 is 0 Å². The summed E-state index contributed by atoms with van der Waals surface area (Å²) in [6, 6.07) is 0. The van der Waals surface area contributed by atoms with Crippen LogP contribution in [0.4, 0.5) is 0 Å². The maximum Gasteiger partial charge on any atom is 0.0431 e. The molecule has 0 aromatic heterocycles. The van der Waals surface area contributed by atoms with Gasteiger partial charge in [-0.15, -0.1) is 0 Å². The van der Waals surface area contributed by atoms with E-state index >= 15 is 0 Å². The molecule has 0 spiro atoms. The fourth-order valence-electron chi connectivity index (χ4n) is 9.11. The summed E-state index contributed by atoms with van der Waals surface area (Å²) in [6.07, 6.45) is 18.7. The van der Waals surface area contributed by atoms with Crippen LogP contribution in [0.3, 0.4) is 0 Å². The van der Waals surface area contributed by atoms with Crippen LogP contribution in [-0.4, -0.2) is 11.7 Å². The number of hydrogen-bond donors (Lipinski definition) is 1. The van der Waals surface area contributed by atoms with Crippen molar-refractivity contribution < 1.29 is 5.11 Å². The third-order valence-electron chi connectivity index (χ3n) is 10.4. The standard InChI is InChI=1S/C25H44O/c1-4-18-17-20-22-12-11-19(9-6-8-16-26)24(22,2)15-13-23(20)25(3)14-7-5-10-21(18)25/h18-23,26H,4-17H2,1-3H3/t18-,19?,20?,21?,22-,23-,24?,25?/m0/s1. The SMILES string of the molecule is CC[C@H]1CC2[C@@H]3CCC(CCCCO)C3(C)CC[C@@H]2C2(C)CCCCC12. The largest absolute Gasteiger partial charge is 0.396 e. The van der Waals surface area contributed by atoms with E-state index in [2.05, 4.69) is 20.8 Å². The second-order valence-corrected chi connectivity index (χ2v) is 11.2. The van der Waals surface area contributed by atoms with Crippen molar-refractivity contribution in [3.05, 3.63) is 0 Å². The van der Waals surface area contributed by atoms with Crippen LogP contribution in [0, 0.1) is 46.3 Å². The van der Waals surface area contributed by atoms with Crippen LogP contribution in [-0.2, 0) is 0 Å². The molecular formula is C25H44O. The molecule has 5 unspecified atom stereocenters. The monoisotopic (exact) mass is 360 g/mol. The summed E-state index contributed by atoms with van der Waals surface area (Å²) >= 11 is 0. The van der Waals surface area contributed by atoms with Crippen molar-refractivity contribution in [1.82, 2.24) is 0 Å². The molecule has 0 aromatic carbocycles. The first-order valence-electron chi connectivity index (χ1n) is 12.2. The van der Waals surface area contributed by atoms with Gasteiger partial charge in [-0.05, 0) is 104 Å². The lowest BCUT2D eigenvalue weighted by molar-refractivity contribution is -0.135. The van der Waals surface area contributed by atoms with Gasteiger partial charge in [-0.2, -0.15) is 0 Å². The average Bonchev–Trinajstić information content (AvgIpc) is 2.97. The predicted octanol–water partition coefficient (Wildman–Crippen LogP) is 6.83. The Labute approximate surface area is 162 Å². The van der Waals surface area contributed by atoms with E-state index in [9.17, 15) is 5.11 Å². The second-order valence-electron chi connectivity index (χ2n) is 11.2. The minimum atomic E-state index is 0.384. The fourth-order valence-corrected chi connectivity index (χ4v) is 9.11. The zero-order valence-electron chi connectivity index (χ0n) is 17.8. The molecule has 0 saturated heterocycles. The maximum absolute atomic E-state index is 9.19. The minimum absolute atomic E-state index is 0.384. The minimum Gasteiger partial charge on any atom is -0.396 e. The Hall–Kier alpha value is -0.0400. The molecule has 4 aliphatic rings. The van der Waals surface area contributed by atoms with Crippen molar-refractivity contribution in [3.63, 3.8) is 0 Å².